The molecule has 0 saturated carbocycles. The molecule has 0 aliphatic carbocycles. The molecule has 1 heterocycles. The first-order chi connectivity index (χ1) is 13.0. The molecule has 4 N–H and O–H groups in total. The lowest BCUT2D eigenvalue weighted by molar-refractivity contribution is -0.138. The zero-order valence-corrected chi connectivity index (χ0v) is 16.9. The first kappa shape index (κ1) is 24.0. The highest BCUT2D eigenvalue weighted by molar-refractivity contribution is 5.72. The third kappa shape index (κ3) is 8.75. The van der Waals surface area contributed by atoms with Crippen molar-refractivity contribution < 1.29 is 23.1 Å². The van der Waals surface area contributed by atoms with E-state index in [4.69, 9.17) is 5.73 Å². The third-order valence-electron chi connectivity index (χ3n) is 4.34. The molecule has 1 saturated heterocycles. The Balaban J connectivity index is 0.000000480. The molecule has 2 rings (SSSR count). The van der Waals surface area contributed by atoms with Crippen molar-refractivity contribution in [2.45, 2.75) is 64.1 Å². The SMILES string of the molecule is CC(=O)NCCC1C[C@@H](c2ccc(F)c(F)c2)[C@H](N)CN1.CC(C)(C)OC=O. The molecule has 1 aromatic rings. The minimum Gasteiger partial charge on any atom is -0.462 e. The first-order valence-corrected chi connectivity index (χ1v) is 9.33. The van der Waals surface area contributed by atoms with Crippen LogP contribution in [-0.4, -0.2) is 43.2 Å². The molecule has 28 heavy (non-hydrogen) atoms. The number of rotatable bonds is 5. The van der Waals surface area contributed by atoms with Crippen LogP contribution >= 0.6 is 0 Å². The van der Waals surface area contributed by atoms with Crippen LogP contribution in [0.2, 0.25) is 0 Å². The molecule has 1 aliphatic heterocycles. The third-order valence-corrected chi connectivity index (χ3v) is 4.34. The zero-order chi connectivity index (χ0) is 21.3. The summed E-state index contributed by atoms with van der Waals surface area (Å²) in [6, 6.07) is 4.04. The Morgan fingerprint density at radius 2 is 2.04 bits per heavy atom. The number of nitrogens with one attached hydrogen (secondary N) is 2. The van der Waals surface area contributed by atoms with Gasteiger partial charge < -0.3 is 21.1 Å². The monoisotopic (exact) mass is 399 g/mol. The largest absolute Gasteiger partial charge is 0.462 e. The van der Waals surface area contributed by atoms with Crippen LogP contribution in [-0.2, 0) is 14.3 Å². The minimum absolute atomic E-state index is 0.0105. The molecule has 6 nitrogen and oxygen atoms in total. The van der Waals surface area contributed by atoms with Gasteiger partial charge in [0.05, 0.1) is 0 Å². The summed E-state index contributed by atoms with van der Waals surface area (Å²) >= 11 is 0. The fourth-order valence-electron chi connectivity index (χ4n) is 2.92. The molecule has 0 aromatic heterocycles. The van der Waals surface area contributed by atoms with E-state index in [0.717, 1.165) is 24.5 Å². The van der Waals surface area contributed by atoms with E-state index in [1.165, 1.54) is 13.0 Å². The van der Waals surface area contributed by atoms with Crippen LogP contribution in [0.1, 0.15) is 52.0 Å². The summed E-state index contributed by atoms with van der Waals surface area (Å²) in [5.41, 5.74) is 6.50. The highest BCUT2D eigenvalue weighted by Crippen LogP contribution is 2.29. The van der Waals surface area contributed by atoms with Crippen molar-refractivity contribution in [3.63, 3.8) is 0 Å². The second-order valence-corrected chi connectivity index (χ2v) is 7.88. The molecular weight excluding hydrogens is 368 g/mol. The van der Waals surface area contributed by atoms with E-state index in [0.29, 0.717) is 19.6 Å². The zero-order valence-electron chi connectivity index (χ0n) is 16.9. The van der Waals surface area contributed by atoms with Crippen LogP contribution in [0.4, 0.5) is 8.78 Å². The van der Waals surface area contributed by atoms with Crippen LogP contribution in [0.25, 0.3) is 0 Å². The molecular formula is C20H31F2N3O3. The summed E-state index contributed by atoms with van der Waals surface area (Å²) in [6.45, 7) is 8.61. The lowest BCUT2D eigenvalue weighted by Crippen LogP contribution is -2.50. The molecule has 0 radical (unpaired) electrons. The quantitative estimate of drug-likeness (QED) is 0.660. The molecule has 158 valence electrons. The Labute approximate surface area is 165 Å². The van der Waals surface area contributed by atoms with Crippen LogP contribution in [0.5, 0.6) is 0 Å². The van der Waals surface area contributed by atoms with Gasteiger partial charge in [0.15, 0.2) is 11.6 Å². The Morgan fingerprint density at radius 1 is 1.36 bits per heavy atom. The average molecular weight is 399 g/mol. The second-order valence-electron chi connectivity index (χ2n) is 7.88. The maximum Gasteiger partial charge on any atom is 0.293 e. The molecule has 3 atom stereocenters. The van der Waals surface area contributed by atoms with Crippen LogP contribution < -0.4 is 16.4 Å². The number of hydrogen-bond donors (Lipinski definition) is 3. The van der Waals surface area contributed by atoms with Crippen molar-refractivity contribution in [2.75, 3.05) is 13.1 Å². The molecule has 0 spiro atoms. The number of piperidine rings is 1. The second kappa shape index (κ2) is 11.1. The van der Waals surface area contributed by atoms with E-state index >= 15 is 0 Å². The average Bonchev–Trinajstić information content (AvgIpc) is 2.58. The number of benzene rings is 1. The Kier molecular flexibility index (Phi) is 9.48. The lowest BCUT2D eigenvalue weighted by Gasteiger charge is -2.35. The number of halogens is 2. The van der Waals surface area contributed by atoms with Gasteiger partial charge in [-0.15, -0.1) is 0 Å². The minimum atomic E-state index is -0.844. The van der Waals surface area contributed by atoms with Crippen molar-refractivity contribution in [3.05, 3.63) is 35.4 Å². The Bertz CT molecular complexity index is 650. The van der Waals surface area contributed by atoms with E-state index in [-0.39, 0.29) is 29.5 Å². The van der Waals surface area contributed by atoms with Crippen molar-refractivity contribution in [1.29, 1.82) is 0 Å². The number of nitrogens with two attached hydrogens (primary N) is 1. The van der Waals surface area contributed by atoms with Crippen LogP contribution in [0.15, 0.2) is 18.2 Å². The van der Waals surface area contributed by atoms with Gasteiger partial charge in [0, 0.05) is 38.0 Å². The van der Waals surface area contributed by atoms with Crippen molar-refractivity contribution in [2.24, 2.45) is 5.73 Å². The van der Waals surface area contributed by atoms with Gasteiger partial charge in [-0.3, -0.25) is 9.59 Å². The van der Waals surface area contributed by atoms with Gasteiger partial charge in [-0.05, 0) is 51.3 Å². The molecule has 1 amide bonds. The highest BCUT2D eigenvalue weighted by atomic mass is 19.2. The number of carbonyl (C=O) groups is 2. The predicted molar refractivity (Wildman–Crippen MR) is 104 cm³/mol. The summed E-state index contributed by atoms with van der Waals surface area (Å²) in [6.07, 6.45) is 1.53. The highest BCUT2D eigenvalue weighted by Gasteiger charge is 2.29. The van der Waals surface area contributed by atoms with E-state index in [1.807, 2.05) is 20.8 Å². The summed E-state index contributed by atoms with van der Waals surface area (Å²) < 4.78 is 30.9. The Hall–Kier alpha value is -2.06. The molecule has 1 aliphatic rings. The molecule has 1 fully saturated rings. The van der Waals surface area contributed by atoms with Gasteiger partial charge >= 0.3 is 0 Å². The normalized spacial score (nSPS) is 21.9. The van der Waals surface area contributed by atoms with Gasteiger partial charge in [-0.2, -0.15) is 0 Å². The van der Waals surface area contributed by atoms with Gasteiger partial charge in [-0.25, -0.2) is 8.78 Å². The number of ether oxygens (including phenoxy) is 1. The fraction of sp³-hybridized carbons (Fsp3) is 0.600. The number of hydrogen-bond acceptors (Lipinski definition) is 5. The molecule has 1 aromatic carbocycles. The van der Waals surface area contributed by atoms with Crippen molar-refractivity contribution in [3.8, 4) is 0 Å². The maximum absolute atomic E-state index is 13.4. The van der Waals surface area contributed by atoms with E-state index in [9.17, 15) is 18.4 Å². The van der Waals surface area contributed by atoms with E-state index in [2.05, 4.69) is 15.4 Å². The van der Waals surface area contributed by atoms with Crippen molar-refractivity contribution >= 4 is 12.4 Å². The summed E-state index contributed by atoms with van der Waals surface area (Å²) in [4.78, 5) is 20.5. The Morgan fingerprint density at radius 3 is 2.54 bits per heavy atom. The van der Waals surface area contributed by atoms with Crippen LogP contribution in [0, 0.1) is 11.6 Å². The number of carbonyl (C=O) groups excluding carboxylic acids is 2. The number of amides is 1. The summed E-state index contributed by atoms with van der Waals surface area (Å²) in [7, 11) is 0. The molecule has 0 bridgehead atoms. The topological polar surface area (TPSA) is 93.5 Å². The summed E-state index contributed by atoms with van der Waals surface area (Å²) in [5, 5.41) is 6.08. The fourth-order valence-corrected chi connectivity index (χ4v) is 2.92. The van der Waals surface area contributed by atoms with E-state index in [1.54, 1.807) is 6.07 Å². The van der Waals surface area contributed by atoms with E-state index < -0.39 is 11.6 Å². The predicted octanol–water partition coefficient (Wildman–Crippen LogP) is 2.22. The van der Waals surface area contributed by atoms with Gasteiger partial charge in [0.1, 0.15) is 5.60 Å². The standard InChI is InChI=1S/C15H21F2N3O.C5H10O2/c1-9(21)19-5-4-11-7-12(15(18)8-20-11)10-2-3-13(16)14(17)6-10;1-5(2,3)7-4-6/h2-3,6,11-12,15,20H,4-5,7-8,18H2,1H3,(H,19,21);4H,1-3H3/t11?,12-,15+;/m0./s1. The van der Waals surface area contributed by atoms with Gasteiger partial charge in [0.2, 0.25) is 5.91 Å². The maximum atomic E-state index is 13.4. The first-order valence-electron chi connectivity index (χ1n) is 9.33. The van der Waals surface area contributed by atoms with Gasteiger partial charge in [0.25, 0.3) is 6.47 Å². The lowest BCUT2D eigenvalue weighted by atomic mass is 9.82. The van der Waals surface area contributed by atoms with Crippen LogP contribution in [0.3, 0.4) is 0 Å². The van der Waals surface area contributed by atoms with Gasteiger partial charge in [-0.1, -0.05) is 6.07 Å². The molecule has 1 unspecified atom stereocenters. The summed E-state index contributed by atoms with van der Waals surface area (Å²) in [5.74, 6) is -1.75. The smallest absolute Gasteiger partial charge is 0.293 e. The molecule has 8 heteroatoms. The van der Waals surface area contributed by atoms with Crippen molar-refractivity contribution in [1.82, 2.24) is 10.6 Å².